The van der Waals surface area contributed by atoms with Gasteiger partial charge in [0.2, 0.25) is 5.88 Å². The molecule has 0 radical (unpaired) electrons. The summed E-state index contributed by atoms with van der Waals surface area (Å²) < 4.78 is 18.5. The topological polar surface area (TPSA) is 58.5 Å². The van der Waals surface area contributed by atoms with E-state index < -0.39 is 0 Å². The fourth-order valence-corrected chi connectivity index (χ4v) is 2.08. The van der Waals surface area contributed by atoms with Crippen LogP contribution in [0.25, 0.3) is 0 Å². The van der Waals surface area contributed by atoms with E-state index in [0.29, 0.717) is 18.2 Å². The minimum Gasteiger partial charge on any atom is -0.439 e. The maximum atomic E-state index is 12.9. The second kappa shape index (κ2) is 6.89. The molecule has 3 rings (SSSR count). The van der Waals surface area contributed by atoms with E-state index in [-0.39, 0.29) is 5.82 Å². The number of aromatic nitrogens is 1. The zero-order valence-corrected chi connectivity index (χ0v) is 12.1. The van der Waals surface area contributed by atoms with Crippen LogP contribution < -0.4 is 15.4 Å². The summed E-state index contributed by atoms with van der Waals surface area (Å²) in [5.41, 5.74) is 1.03. The van der Waals surface area contributed by atoms with Crippen molar-refractivity contribution in [2.75, 3.05) is 13.1 Å². The Hall–Kier alpha value is -2.63. The number of hydrogen-bond acceptors (Lipinski definition) is 5. The second-order valence-electron chi connectivity index (χ2n) is 4.92. The van der Waals surface area contributed by atoms with Gasteiger partial charge in [0.25, 0.3) is 0 Å². The summed E-state index contributed by atoms with van der Waals surface area (Å²) in [4.78, 5) is 8.52. The van der Waals surface area contributed by atoms with Gasteiger partial charge >= 0.3 is 0 Å². The highest BCUT2D eigenvalue weighted by molar-refractivity contribution is 5.80. The van der Waals surface area contributed by atoms with Crippen LogP contribution in [-0.2, 0) is 6.54 Å². The van der Waals surface area contributed by atoms with Crippen molar-refractivity contribution in [2.24, 2.45) is 4.99 Å². The molecule has 0 amide bonds. The molecular formula is C16H17FN4O. The molecule has 0 aliphatic carbocycles. The van der Waals surface area contributed by atoms with Gasteiger partial charge < -0.3 is 15.4 Å². The molecule has 1 aliphatic rings. The molecule has 1 aliphatic heterocycles. The molecule has 0 bridgehead atoms. The van der Waals surface area contributed by atoms with Crippen LogP contribution in [0.15, 0.2) is 47.6 Å². The molecule has 6 heteroatoms. The van der Waals surface area contributed by atoms with Gasteiger partial charge in [-0.25, -0.2) is 9.37 Å². The van der Waals surface area contributed by atoms with Gasteiger partial charge in [0, 0.05) is 31.9 Å². The Bertz CT molecular complexity index is 657. The molecule has 2 N–H and O–H groups in total. The van der Waals surface area contributed by atoms with Gasteiger partial charge in [-0.15, -0.1) is 0 Å². The van der Waals surface area contributed by atoms with Crippen LogP contribution in [0.1, 0.15) is 12.0 Å². The van der Waals surface area contributed by atoms with E-state index >= 15 is 0 Å². The molecule has 5 nitrogen and oxygen atoms in total. The summed E-state index contributed by atoms with van der Waals surface area (Å²) in [7, 11) is 0. The van der Waals surface area contributed by atoms with Crippen LogP contribution in [0.2, 0.25) is 0 Å². The lowest BCUT2D eigenvalue weighted by molar-refractivity contribution is 0.460. The SMILES string of the molecule is Fc1ccc(Oc2cc(CNC3=NCCCN3)ccn2)cc1. The van der Waals surface area contributed by atoms with Crippen molar-refractivity contribution in [1.82, 2.24) is 15.6 Å². The van der Waals surface area contributed by atoms with Gasteiger partial charge in [-0.05, 0) is 42.3 Å². The fraction of sp³-hybridized carbons (Fsp3) is 0.250. The van der Waals surface area contributed by atoms with Crippen molar-refractivity contribution in [3.05, 3.63) is 54.0 Å². The maximum Gasteiger partial charge on any atom is 0.219 e. The van der Waals surface area contributed by atoms with E-state index in [0.717, 1.165) is 31.0 Å². The van der Waals surface area contributed by atoms with Crippen molar-refractivity contribution < 1.29 is 9.13 Å². The molecule has 0 fully saturated rings. The third-order valence-corrected chi connectivity index (χ3v) is 3.19. The van der Waals surface area contributed by atoms with Crippen molar-refractivity contribution in [3.8, 4) is 11.6 Å². The Labute approximate surface area is 128 Å². The number of rotatable bonds is 4. The highest BCUT2D eigenvalue weighted by Gasteiger charge is 2.05. The largest absolute Gasteiger partial charge is 0.439 e. The lowest BCUT2D eigenvalue weighted by Crippen LogP contribution is -2.40. The second-order valence-corrected chi connectivity index (χ2v) is 4.92. The summed E-state index contributed by atoms with van der Waals surface area (Å²) in [6, 6.07) is 9.61. The number of nitrogens with zero attached hydrogens (tertiary/aromatic N) is 2. The normalized spacial score (nSPS) is 14.0. The Morgan fingerprint density at radius 2 is 2.09 bits per heavy atom. The molecule has 0 atom stereocenters. The van der Waals surface area contributed by atoms with Gasteiger partial charge in [0.1, 0.15) is 11.6 Å². The molecule has 0 spiro atoms. The molecule has 22 heavy (non-hydrogen) atoms. The Morgan fingerprint density at radius 3 is 2.86 bits per heavy atom. The van der Waals surface area contributed by atoms with Crippen molar-refractivity contribution >= 4 is 5.96 Å². The first-order valence-electron chi connectivity index (χ1n) is 7.20. The number of nitrogens with one attached hydrogen (secondary N) is 2. The van der Waals surface area contributed by atoms with E-state index in [2.05, 4.69) is 20.6 Å². The number of hydrogen-bond donors (Lipinski definition) is 2. The Kier molecular flexibility index (Phi) is 4.48. The lowest BCUT2D eigenvalue weighted by Gasteiger charge is -2.16. The molecule has 0 unspecified atom stereocenters. The molecular weight excluding hydrogens is 283 g/mol. The lowest BCUT2D eigenvalue weighted by atomic mass is 10.2. The molecule has 2 heterocycles. The maximum absolute atomic E-state index is 12.9. The first-order valence-corrected chi connectivity index (χ1v) is 7.20. The fourth-order valence-electron chi connectivity index (χ4n) is 2.08. The van der Waals surface area contributed by atoms with E-state index in [1.165, 1.54) is 12.1 Å². The highest BCUT2D eigenvalue weighted by atomic mass is 19.1. The monoisotopic (exact) mass is 300 g/mol. The third kappa shape index (κ3) is 3.94. The molecule has 0 saturated heterocycles. The van der Waals surface area contributed by atoms with Crippen molar-refractivity contribution in [3.63, 3.8) is 0 Å². The van der Waals surface area contributed by atoms with Crippen LogP contribution in [0.3, 0.4) is 0 Å². The zero-order valence-electron chi connectivity index (χ0n) is 12.1. The van der Waals surface area contributed by atoms with Crippen molar-refractivity contribution in [1.29, 1.82) is 0 Å². The number of ether oxygens (including phenoxy) is 1. The average Bonchev–Trinajstić information content (AvgIpc) is 2.57. The van der Waals surface area contributed by atoms with Crippen LogP contribution >= 0.6 is 0 Å². The van der Waals surface area contributed by atoms with Gasteiger partial charge in [-0.1, -0.05) is 0 Å². The van der Waals surface area contributed by atoms with Gasteiger partial charge in [-0.2, -0.15) is 0 Å². The first kappa shape index (κ1) is 14.3. The van der Waals surface area contributed by atoms with E-state index in [9.17, 15) is 4.39 Å². The van der Waals surface area contributed by atoms with Crippen LogP contribution in [0, 0.1) is 5.82 Å². The Balaban J connectivity index is 1.62. The predicted octanol–water partition coefficient (Wildman–Crippen LogP) is 2.45. The summed E-state index contributed by atoms with van der Waals surface area (Å²) in [6.45, 7) is 2.43. The van der Waals surface area contributed by atoms with Gasteiger partial charge in [0.05, 0.1) is 0 Å². The quantitative estimate of drug-likeness (QED) is 0.910. The minimum absolute atomic E-state index is 0.293. The van der Waals surface area contributed by atoms with E-state index in [4.69, 9.17) is 4.74 Å². The van der Waals surface area contributed by atoms with Crippen LogP contribution in [0.5, 0.6) is 11.6 Å². The summed E-state index contributed by atoms with van der Waals surface area (Å²) in [5.74, 6) is 1.56. The summed E-state index contributed by atoms with van der Waals surface area (Å²) in [5, 5.41) is 6.45. The van der Waals surface area contributed by atoms with Crippen LogP contribution in [-0.4, -0.2) is 24.0 Å². The molecule has 114 valence electrons. The number of aliphatic imine (C=N–C) groups is 1. The Morgan fingerprint density at radius 1 is 1.23 bits per heavy atom. The number of benzene rings is 1. The number of pyridine rings is 1. The summed E-state index contributed by atoms with van der Waals surface area (Å²) in [6.07, 6.45) is 2.75. The van der Waals surface area contributed by atoms with E-state index in [1.807, 2.05) is 12.1 Å². The number of guanidine groups is 1. The molecule has 1 aromatic heterocycles. The minimum atomic E-state index is -0.293. The van der Waals surface area contributed by atoms with Gasteiger partial charge in [0.15, 0.2) is 5.96 Å². The molecule has 2 aromatic rings. The highest BCUT2D eigenvalue weighted by Crippen LogP contribution is 2.20. The van der Waals surface area contributed by atoms with E-state index in [1.54, 1.807) is 18.3 Å². The standard InChI is InChI=1S/C16H17FN4O/c17-13-2-4-14(5-3-13)22-15-10-12(6-9-18-15)11-21-16-19-7-1-8-20-16/h2-6,9-10H,1,7-8,11H2,(H2,19,20,21). The average molecular weight is 300 g/mol. The van der Waals surface area contributed by atoms with Crippen molar-refractivity contribution in [2.45, 2.75) is 13.0 Å². The van der Waals surface area contributed by atoms with Crippen LogP contribution in [0.4, 0.5) is 4.39 Å². The number of halogens is 1. The third-order valence-electron chi connectivity index (χ3n) is 3.19. The predicted molar refractivity (Wildman–Crippen MR) is 82.5 cm³/mol. The molecule has 0 saturated carbocycles. The zero-order chi connectivity index (χ0) is 15.2. The smallest absolute Gasteiger partial charge is 0.219 e. The summed E-state index contributed by atoms with van der Waals surface area (Å²) >= 11 is 0. The van der Waals surface area contributed by atoms with Gasteiger partial charge in [-0.3, -0.25) is 4.99 Å². The molecule has 1 aromatic carbocycles. The first-order chi connectivity index (χ1) is 10.8.